The van der Waals surface area contributed by atoms with Gasteiger partial charge in [0, 0.05) is 18.9 Å². The van der Waals surface area contributed by atoms with E-state index in [0.717, 1.165) is 5.56 Å². The van der Waals surface area contributed by atoms with Crippen molar-refractivity contribution in [1.29, 1.82) is 0 Å². The summed E-state index contributed by atoms with van der Waals surface area (Å²) in [5.41, 5.74) is 0.857. The van der Waals surface area contributed by atoms with E-state index in [2.05, 4.69) is 9.71 Å². The third-order valence-corrected chi connectivity index (χ3v) is 3.96. The monoisotopic (exact) mass is 280 g/mol. The lowest BCUT2D eigenvalue weighted by molar-refractivity contribution is 0.0696. The molecule has 0 saturated heterocycles. The Balaban J connectivity index is 2.13. The molecule has 19 heavy (non-hydrogen) atoms. The van der Waals surface area contributed by atoms with Crippen LogP contribution in [0.2, 0.25) is 0 Å². The Morgan fingerprint density at radius 1 is 1.21 bits per heavy atom. The minimum absolute atomic E-state index is 0.0352. The maximum Gasteiger partial charge on any atom is 0.335 e. The molecular formula is C12H12N2O4S. The van der Waals surface area contributed by atoms with E-state index in [1.165, 1.54) is 24.3 Å². The zero-order valence-electron chi connectivity index (χ0n) is 9.83. The van der Waals surface area contributed by atoms with Crippen molar-refractivity contribution >= 4 is 16.0 Å². The summed E-state index contributed by atoms with van der Waals surface area (Å²) < 4.78 is 26.3. The second-order valence-corrected chi connectivity index (χ2v) is 5.64. The van der Waals surface area contributed by atoms with Crippen LogP contribution in [0.1, 0.15) is 15.9 Å². The molecule has 0 spiro atoms. The van der Waals surface area contributed by atoms with Crippen LogP contribution in [-0.4, -0.2) is 24.5 Å². The Hall–Kier alpha value is -2.12. The van der Waals surface area contributed by atoms with Crippen LogP contribution in [0.15, 0.2) is 47.6 Å². The second kappa shape index (κ2) is 5.25. The molecule has 2 rings (SSSR count). The molecule has 1 aromatic carbocycles. The Morgan fingerprint density at radius 3 is 2.42 bits per heavy atom. The number of nitrogens with one attached hydrogen (secondary N) is 2. The van der Waals surface area contributed by atoms with E-state index < -0.39 is 16.0 Å². The summed E-state index contributed by atoms with van der Waals surface area (Å²) in [6.45, 7) is 0.173. The van der Waals surface area contributed by atoms with Crippen molar-refractivity contribution in [1.82, 2.24) is 9.71 Å². The maximum atomic E-state index is 11.9. The van der Waals surface area contributed by atoms with Gasteiger partial charge in [-0.3, -0.25) is 0 Å². The number of benzene rings is 1. The number of hydrogen-bond acceptors (Lipinski definition) is 3. The van der Waals surface area contributed by atoms with Gasteiger partial charge in [-0.15, -0.1) is 0 Å². The third-order valence-electron chi connectivity index (χ3n) is 2.54. The van der Waals surface area contributed by atoms with E-state index in [4.69, 9.17) is 5.11 Å². The first-order valence-corrected chi connectivity index (χ1v) is 6.92. The zero-order valence-corrected chi connectivity index (χ0v) is 10.6. The highest BCUT2D eigenvalue weighted by Gasteiger charge is 2.14. The molecule has 1 aromatic heterocycles. The predicted molar refractivity (Wildman–Crippen MR) is 68.2 cm³/mol. The van der Waals surface area contributed by atoms with Crippen molar-refractivity contribution in [3.63, 3.8) is 0 Å². The molecule has 0 aliphatic heterocycles. The van der Waals surface area contributed by atoms with Crippen molar-refractivity contribution < 1.29 is 18.3 Å². The van der Waals surface area contributed by atoms with Gasteiger partial charge < -0.3 is 10.1 Å². The van der Waals surface area contributed by atoms with Gasteiger partial charge in [0.1, 0.15) is 0 Å². The van der Waals surface area contributed by atoms with Crippen LogP contribution in [0.3, 0.4) is 0 Å². The lowest BCUT2D eigenvalue weighted by Gasteiger charge is -2.06. The smallest absolute Gasteiger partial charge is 0.335 e. The van der Waals surface area contributed by atoms with Crippen LogP contribution in [-0.2, 0) is 16.6 Å². The number of aromatic carboxylic acids is 1. The molecule has 6 nitrogen and oxygen atoms in total. The van der Waals surface area contributed by atoms with Gasteiger partial charge >= 0.3 is 5.97 Å². The molecule has 1 heterocycles. The van der Waals surface area contributed by atoms with Gasteiger partial charge in [-0.2, -0.15) is 0 Å². The molecule has 0 amide bonds. The molecule has 0 radical (unpaired) electrons. The first-order chi connectivity index (χ1) is 8.99. The van der Waals surface area contributed by atoms with Gasteiger partial charge in [-0.05, 0) is 35.9 Å². The molecule has 7 heteroatoms. The first kappa shape index (κ1) is 13.3. The Kier molecular flexibility index (Phi) is 3.68. The lowest BCUT2D eigenvalue weighted by Crippen LogP contribution is -2.23. The van der Waals surface area contributed by atoms with Crippen molar-refractivity contribution in [2.24, 2.45) is 0 Å². The normalized spacial score (nSPS) is 11.4. The molecule has 0 unspecified atom stereocenters. The standard InChI is InChI=1S/C12H12N2O4S/c15-12(16)10-1-3-11(4-2-10)19(17,18)14-8-9-5-6-13-7-9/h1-7,13-14H,8H2,(H,15,16). The predicted octanol–water partition coefficient (Wildman–Crippen LogP) is 1.19. The van der Waals surface area contributed by atoms with Crippen molar-refractivity contribution in [3.05, 3.63) is 53.9 Å². The number of carbonyl (C=O) groups is 1. The zero-order chi connectivity index (χ0) is 13.9. The largest absolute Gasteiger partial charge is 0.478 e. The molecule has 0 aliphatic carbocycles. The Bertz CT molecular complexity index is 660. The topological polar surface area (TPSA) is 99.3 Å². The van der Waals surface area contributed by atoms with E-state index >= 15 is 0 Å². The second-order valence-electron chi connectivity index (χ2n) is 3.87. The number of carboxylic acid groups (broad SMARTS) is 1. The molecule has 100 valence electrons. The van der Waals surface area contributed by atoms with Crippen LogP contribution in [0.25, 0.3) is 0 Å². The summed E-state index contributed by atoms with van der Waals surface area (Å²) in [5, 5.41) is 8.74. The number of aromatic nitrogens is 1. The average Bonchev–Trinajstić information content (AvgIpc) is 2.90. The van der Waals surface area contributed by atoms with E-state index in [1.54, 1.807) is 18.5 Å². The fourth-order valence-electron chi connectivity index (χ4n) is 1.51. The number of rotatable bonds is 5. The van der Waals surface area contributed by atoms with Gasteiger partial charge in [0.15, 0.2) is 0 Å². The van der Waals surface area contributed by atoms with Gasteiger partial charge in [-0.25, -0.2) is 17.9 Å². The molecule has 0 bridgehead atoms. The van der Waals surface area contributed by atoms with Crippen LogP contribution in [0, 0.1) is 0 Å². The fraction of sp³-hybridized carbons (Fsp3) is 0.0833. The summed E-state index contributed by atoms with van der Waals surface area (Å²) in [6, 6.07) is 6.81. The third kappa shape index (κ3) is 3.21. The van der Waals surface area contributed by atoms with E-state index in [0.29, 0.717) is 0 Å². The Morgan fingerprint density at radius 2 is 1.89 bits per heavy atom. The highest BCUT2D eigenvalue weighted by atomic mass is 32.2. The number of H-pyrrole nitrogens is 1. The molecule has 3 N–H and O–H groups in total. The fourth-order valence-corrected chi connectivity index (χ4v) is 2.52. The molecule has 0 saturated carbocycles. The number of hydrogen-bond donors (Lipinski definition) is 3. The minimum Gasteiger partial charge on any atom is -0.478 e. The molecule has 2 aromatic rings. The number of sulfonamides is 1. The lowest BCUT2D eigenvalue weighted by atomic mass is 10.2. The van der Waals surface area contributed by atoms with E-state index in [1.807, 2.05) is 0 Å². The molecule has 0 atom stereocenters. The molecule has 0 fully saturated rings. The number of carboxylic acids is 1. The molecule has 0 aliphatic rings. The van der Waals surface area contributed by atoms with Crippen molar-refractivity contribution in [2.75, 3.05) is 0 Å². The van der Waals surface area contributed by atoms with Gasteiger partial charge in [0.2, 0.25) is 10.0 Å². The summed E-state index contributed by atoms with van der Waals surface area (Å²) >= 11 is 0. The van der Waals surface area contributed by atoms with E-state index in [-0.39, 0.29) is 17.0 Å². The highest BCUT2D eigenvalue weighted by Crippen LogP contribution is 2.11. The van der Waals surface area contributed by atoms with Crippen LogP contribution in [0.4, 0.5) is 0 Å². The summed E-state index contributed by atoms with van der Waals surface area (Å²) in [4.78, 5) is 13.5. The summed E-state index contributed by atoms with van der Waals surface area (Å²) in [7, 11) is -3.64. The van der Waals surface area contributed by atoms with Crippen LogP contribution >= 0.6 is 0 Å². The Labute approximate surface area is 110 Å². The highest BCUT2D eigenvalue weighted by molar-refractivity contribution is 7.89. The van der Waals surface area contributed by atoms with Gasteiger partial charge in [-0.1, -0.05) is 0 Å². The van der Waals surface area contributed by atoms with Crippen LogP contribution in [0.5, 0.6) is 0 Å². The average molecular weight is 280 g/mol. The first-order valence-electron chi connectivity index (χ1n) is 5.44. The minimum atomic E-state index is -3.64. The van der Waals surface area contributed by atoms with Crippen molar-refractivity contribution in [2.45, 2.75) is 11.4 Å². The van der Waals surface area contributed by atoms with Crippen LogP contribution < -0.4 is 4.72 Å². The molecular weight excluding hydrogens is 268 g/mol. The van der Waals surface area contributed by atoms with Gasteiger partial charge in [0.05, 0.1) is 10.5 Å². The summed E-state index contributed by atoms with van der Waals surface area (Å²) in [6.07, 6.45) is 3.39. The SMILES string of the molecule is O=C(O)c1ccc(S(=O)(=O)NCc2cc[nH]c2)cc1. The van der Waals surface area contributed by atoms with Crippen molar-refractivity contribution in [3.8, 4) is 0 Å². The number of aromatic amines is 1. The maximum absolute atomic E-state index is 11.9. The van der Waals surface area contributed by atoms with Gasteiger partial charge in [0.25, 0.3) is 0 Å². The van der Waals surface area contributed by atoms with E-state index in [9.17, 15) is 13.2 Å². The quantitative estimate of drug-likeness (QED) is 0.766. The summed E-state index contributed by atoms with van der Waals surface area (Å²) in [5.74, 6) is -1.09.